The number of Topliss-reactive ketones (excluding diaryl/α,β-unsaturated/α-hetero) is 1. The van der Waals surface area contributed by atoms with Gasteiger partial charge in [0.25, 0.3) is 0 Å². The topological polar surface area (TPSA) is 68.6 Å². The van der Waals surface area contributed by atoms with Crippen LogP contribution in [0.2, 0.25) is 0 Å². The molecule has 6 heteroatoms. The Hall–Kier alpha value is -2.11. The van der Waals surface area contributed by atoms with Crippen LogP contribution in [0.3, 0.4) is 0 Å². The molecule has 1 amide bonds. The van der Waals surface area contributed by atoms with Crippen LogP contribution in [0.15, 0.2) is 0 Å². The summed E-state index contributed by atoms with van der Waals surface area (Å²) in [5.41, 5.74) is 2.31. The molecule has 0 saturated heterocycles. The zero-order chi connectivity index (χ0) is 21.7. The van der Waals surface area contributed by atoms with Crippen molar-refractivity contribution in [2.24, 2.45) is 13.0 Å². The molecule has 1 aliphatic rings. The fraction of sp³-hybridized carbons (Fsp3) is 0.696. The third-order valence-corrected chi connectivity index (χ3v) is 6.01. The lowest BCUT2D eigenvalue weighted by molar-refractivity contribution is -0.136. The molecule has 1 atom stereocenters. The van der Waals surface area contributed by atoms with E-state index in [1.807, 2.05) is 13.8 Å². The standard InChI is InChI=1S/C23H36N2O4/c1-7-10-11-17(8-2)22(27)25(18-12-13-18)14-19(26)20-15(4)21(23(28)29-9-3)24(6)16(20)5/h17-18H,7-14H2,1-6H3/t17-/m1/s1. The van der Waals surface area contributed by atoms with Crippen LogP contribution in [-0.4, -0.2) is 46.3 Å². The number of amides is 1. The summed E-state index contributed by atoms with van der Waals surface area (Å²) in [6.45, 7) is 9.92. The number of aromatic nitrogens is 1. The van der Waals surface area contributed by atoms with Crippen molar-refractivity contribution in [3.63, 3.8) is 0 Å². The van der Waals surface area contributed by atoms with Crippen molar-refractivity contribution >= 4 is 17.7 Å². The van der Waals surface area contributed by atoms with Gasteiger partial charge >= 0.3 is 5.97 Å². The summed E-state index contributed by atoms with van der Waals surface area (Å²) in [5, 5.41) is 0. The van der Waals surface area contributed by atoms with E-state index < -0.39 is 5.97 Å². The Morgan fingerprint density at radius 3 is 2.34 bits per heavy atom. The van der Waals surface area contributed by atoms with Gasteiger partial charge in [-0.2, -0.15) is 0 Å². The SMILES string of the molecule is CCCC[C@@H](CC)C(=O)N(CC(=O)c1c(C)c(C(=O)OCC)n(C)c1C)C1CC1. The zero-order valence-electron chi connectivity index (χ0n) is 18.8. The summed E-state index contributed by atoms with van der Waals surface area (Å²) in [6, 6.07) is 0.177. The van der Waals surface area contributed by atoms with E-state index >= 15 is 0 Å². The second-order valence-electron chi connectivity index (χ2n) is 8.08. The van der Waals surface area contributed by atoms with Gasteiger partial charge in [0.05, 0.1) is 13.2 Å². The van der Waals surface area contributed by atoms with Crippen LogP contribution in [0.4, 0.5) is 0 Å². The van der Waals surface area contributed by atoms with E-state index in [9.17, 15) is 14.4 Å². The Labute approximate surface area is 174 Å². The van der Waals surface area contributed by atoms with E-state index in [4.69, 9.17) is 4.74 Å². The molecule has 0 bridgehead atoms. The van der Waals surface area contributed by atoms with E-state index in [-0.39, 0.29) is 36.8 Å². The molecule has 0 radical (unpaired) electrons. The van der Waals surface area contributed by atoms with Gasteiger partial charge in [-0.1, -0.05) is 26.7 Å². The first-order valence-corrected chi connectivity index (χ1v) is 10.9. The van der Waals surface area contributed by atoms with Gasteiger partial charge in [0.1, 0.15) is 5.69 Å². The van der Waals surface area contributed by atoms with Crippen LogP contribution < -0.4 is 0 Å². The molecular weight excluding hydrogens is 368 g/mol. The summed E-state index contributed by atoms with van der Waals surface area (Å²) in [6.07, 6.45) is 5.68. The number of hydrogen-bond acceptors (Lipinski definition) is 4. The molecule has 1 aromatic heterocycles. The number of hydrogen-bond donors (Lipinski definition) is 0. The molecule has 0 unspecified atom stereocenters. The van der Waals surface area contributed by atoms with Gasteiger partial charge in [0.15, 0.2) is 5.78 Å². The molecule has 29 heavy (non-hydrogen) atoms. The molecule has 1 heterocycles. The normalized spacial score (nSPS) is 14.6. The second-order valence-corrected chi connectivity index (χ2v) is 8.08. The minimum absolute atomic E-state index is 0.0172. The van der Waals surface area contributed by atoms with Crippen LogP contribution >= 0.6 is 0 Å². The average molecular weight is 405 g/mol. The van der Waals surface area contributed by atoms with Crippen molar-refractivity contribution in [1.29, 1.82) is 0 Å². The smallest absolute Gasteiger partial charge is 0.355 e. The maximum Gasteiger partial charge on any atom is 0.355 e. The third-order valence-electron chi connectivity index (χ3n) is 6.01. The number of unbranched alkanes of at least 4 members (excludes halogenated alkanes) is 1. The Morgan fingerprint density at radius 1 is 1.17 bits per heavy atom. The fourth-order valence-electron chi connectivity index (χ4n) is 4.07. The first kappa shape index (κ1) is 23.2. The van der Waals surface area contributed by atoms with Crippen LogP contribution in [-0.2, 0) is 16.6 Å². The van der Waals surface area contributed by atoms with Crippen molar-refractivity contribution < 1.29 is 19.1 Å². The molecule has 1 aliphatic carbocycles. The lowest BCUT2D eigenvalue weighted by Gasteiger charge is -2.26. The van der Waals surface area contributed by atoms with Crippen LogP contribution in [0.25, 0.3) is 0 Å². The van der Waals surface area contributed by atoms with Crippen molar-refractivity contribution in [3.05, 3.63) is 22.5 Å². The average Bonchev–Trinajstić information content (AvgIpc) is 3.48. The second kappa shape index (κ2) is 10.1. The molecule has 0 N–H and O–H groups in total. The predicted molar refractivity (Wildman–Crippen MR) is 113 cm³/mol. The van der Waals surface area contributed by atoms with Gasteiger partial charge in [0.2, 0.25) is 5.91 Å². The monoisotopic (exact) mass is 404 g/mol. The highest BCUT2D eigenvalue weighted by Crippen LogP contribution is 2.31. The molecule has 162 valence electrons. The maximum absolute atomic E-state index is 13.2. The summed E-state index contributed by atoms with van der Waals surface area (Å²) < 4.78 is 6.88. The van der Waals surface area contributed by atoms with Crippen molar-refractivity contribution in [3.8, 4) is 0 Å². The maximum atomic E-state index is 13.2. The van der Waals surface area contributed by atoms with Gasteiger partial charge in [-0.05, 0) is 52.0 Å². The number of ketones is 1. The van der Waals surface area contributed by atoms with Gasteiger partial charge < -0.3 is 14.2 Å². The van der Waals surface area contributed by atoms with Gasteiger partial charge in [-0.25, -0.2) is 4.79 Å². The Bertz CT molecular complexity index is 761. The zero-order valence-corrected chi connectivity index (χ0v) is 18.8. The van der Waals surface area contributed by atoms with E-state index in [2.05, 4.69) is 6.92 Å². The highest BCUT2D eigenvalue weighted by Gasteiger charge is 2.37. The van der Waals surface area contributed by atoms with Crippen molar-refractivity contribution in [2.45, 2.75) is 79.2 Å². The molecule has 6 nitrogen and oxygen atoms in total. The minimum Gasteiger partial charge on any atom is -0.461 e. The summed E-state index contributed by atoms with van der Waals surface area (Å²) in [5.74, 6) is -0.433. The first-order chi connectivity index (χ1) is 13.8. The molecule has 1 fully saturated rings. The van der Waals surface area contributed by atoms with Crippen LogP contribution in [0.5, 0.6) is 0 Å². The number of carbonyl (C=O) groups excluding carboxylic acids is 3. The van der Waals surface area contributed by atoms with Crippen molar-refractivity contribution in [2.75, 3.05) is 13.2 Å². The predicted octanol–water partition coefficient (Wildman–Crippen LogP) is 4.21. The van der Waals surface area contributed by atoms with Gasteiger partial charge in [0, 0.05) is 30.3 Å². The minimum atomic E-state index is -0.421. The number of nitrogens with zero attached hydrogens (tertiary/aromatic N) is 2. The largest absolute Gasteiger partial charge is 0.461 e. The number of rotatable bonds is 11. The Kier molecular flexibility index (Phi) is 8.05. The Morgan fingerprint density at radius 2 is 1.83 bits per heavy atom. The van der Waals surface area contributed by atoms with Crippen LogP contribution in [0, 0.1) is 19.8 Å². The number of esters is 1. The third kappa shape index (κ3) is 5.09. The molecular formula is C23H36N2O4. The highest BCUT2D eigenvalue weighted by molar-refractivity contribution is 6.04. The van der Waals surface area contributed by atoms with Gasteiger partial charge in [-0.15, -0.1) is 0 Å². The quantitative estimate of drug-likeness (QED) is 0.409. The van der Waals surface area contributed by atoms with Crippen LogP contribution in [0.1, 0.15) is 91.4 Å². The van der Waals surface area contributed by atoms with Crippen molar-refractivity contribution in [1.82, 2.24) is 9.47 Å². The lowest BCUT2D eigenvalue weighted by atomic mass is 9.97. The highest BCUT2D eigenvalue weighted by atomic mass is 16.5. The van der Waals surface area contributed by atoms with Gasteiger partial charge in [-0.3, -0.25) is 9.59 Å². The molecule has 2 rings (SSSR count). The molecule has 0 spiro atoms. The summed E-state index contributed by atoms with van der Waals surface area (Å²) in [7, 11) is 1.77. The summed E-state index contributed by atoms with van der Waals surface area (Å²) in [4.78, 5) is 40.5. The molecule has 0 aromatic carbocycles. The number of carbonyl (C=O) groups is 3. The van der Waals surface area contributed by atoms with E-state index in [0.717, 1.165) is 44.2 Å². The van der Waals surface area contributed by atoms with E-state index in [1.165, 1.54) is 0 Å². The Balaban J connectivity index is 2.26. The van der Waals surface area contributed by atoms with E-state index in [1.54, 1.807) is 30.4 Å². The fourth-order valence-corrected chi connectivity index (χ4v) is 4.07. The molecule has 1 aromatic rings. The lowest BCUT2D eigenvalue weighted by Crippen LogP contribution is -2.41. The first-order valence-electron chi connectivity index (χ1n) is 10.9. The van der Waals surface area contributed by atoms with E-state index in [0.29, 0.717) is 16.8 Å². The summed E-state index contributed by atoms with van der Waals surface area (Å²) >= 11 is 0. The molecule has 0 aliphatic heterocycles. The number of ether oxygens (including phenoxy) is 1. The molecule has 1 saturated carbocycles.